The average Bonchev–Trinajstić information content (AvgIpc) is 2.85. The number of aromatic nitrogens is 1. The van der Waals surface area contributed by atoms with Gasteiger partial charge in [0.05, 0.1) is 17.8 Å². The first-order valence-corrected chi connectivity index (χ1v) is 6.77. The van der Waals surface area contributed by atoms with E-state index in [1.807, 2.05) is 11.3 Å². The van der Waals surface area contributed by atoms with Crippen LogP contribution >= 0.6 is 11.3 Å². The van der Waals surface area contributed by atoms with Gasteiger partial charge in [-0.2, -0.15) is 0 Å². The third-order valence-corrected chi connectivity index (χ3v) is 4.45. The Bertz CT molecular complexity index is 336. The van der Waals surface area contributed by atoms with E-state index in [4.69, 9.17) is 9.72 Å². The Morgan fingerprint density at radius 1 is 1.50 bits per heavy atom. The van der Waals surface area contributed by atoms with Crippen molar-refractivity contribution in [3.05, 3.63) is 15.6 Å². The molecule has 1 aliphatic rings. The summed E-state index contributed by atoms with van der Waals surface area (Å²) in [6, 6.07) is 0. The monoisotopic (exact) mass is 240 g/mol. The molecular weight excluding hydrogens is 220 g/mol. The summed E-state index contributed by atoms with van der Waals surface area (Å²) in [5.74, 6) is 0. The van der Waals surface area contributed by atoms with Gasteiger partial charge in [0.25, 0.3) is 0 Å². The molecule has 1 unspecified atom stereocenters. The summed E-state index contributed by atoms with van der Waals surface area (Å²) in [7, 11) is 0. The molecule has 1 aliphatic heterocycles. The topological polar surface area (TPSA) is 34.2 Å². The molecule has 1 aromatic heterocycles. The zero-order chi connectivity index (χ0) is 11.6. The fraction of sp³-hybridized carbons (Fsp3) is 0.750. The van der Waals surface area contributed by atoms with Crippen LogP contribution in [0.3, 0.4) is 0 Å². The minimum absolute atomic E-state index is 0.0142. The maximum Gasteiger partial charge on any atom is 0.116 e. The lowest BCUT2D eigenvalue weighted by atomic mass is 9.99. The summed E-state index contributed by atoms with van der Waals surface area (Å²) < 4.78 is 5.57. The summed E-state index contributed by atoms with van der Waals surface area (Å²) >= 11 is 1.81. The largest absolute Gasteiger partial charge is 0.379 e. The van der Waals surface area contributed by atoms with E-state index in [2.05, 4.69) is 26.1 Å². The molecule has 2 rings (SSSR count). The molecule has 90 valence electrons. The lowest BCUT2D eigenvalue weighted by molar-refractivity contribution is 0.166. The summed E-state index contributed by atoms with van der Waals surface area (Å²) in [6.45, 7) is 9.04. The van der Waals surface area contributed by atoms with Crippen molar-refractivity contribution in [3.63, 3.8) is 0 Å². The van der Waals surface area contributed by atoms with Crippen molar-refractivity contribution >= 4 is 11.3 Å². The van der Waals surface area contributed by atoms with E-state index in [0.717, 1.165) is 38.3 Å². The summed E-state index contributed by atoms with van der Waals surface area (Å²) in [5, 5.41) is 4.83. The molecule has 0 aliphatic carbocycles. The van der Waals surface area contributed by atoms with Crippen LogP contribution in [-0.2, 0) is 10.3 Å². The van der Waals surface area contributed by atoms with E-state index in [1.165, 1.54) is 9.88 Å². The Morgan fingerprint density at radius 3 is 2.81 bits per heavy atom. The third-order valence-electron chi connectivity index (χ3n) is 3.17. The highest BCUT2D eigenvalue weighted by molar-refractivity contribution is 7.11. The summed E-state index contributed by atoms with van der Waals surface area (Å²) in [4.78, 5) is 6.01. The van der Waals surface area contributed by atoms with Crippen molar-refractivity contribution < 1.29 is 4.74 Å². The number of rotatable bonds is 4. The van der Waals surface area contributed by atoms with Gasteiger partial charge in [0.2, 0.25) is 0 Å². The molecule has 3 nitrogen and oxygen atoms in total. The van der Waals surface area contributed by atoms with E-state index in [1.54, 1.807) is 0 Å². The van der Waals surface area contributed by atoms with E-state index in [0.29, 0.717) is 0 Å². The normalized spacial score (nSPS) is 25.2. The summed E-state index contributed by atoms with van der Waals surface area (Å²) in [5.41, 5.74) is 1.14. The van der Waals surface area contributed by atoms with Crippen molar-refractivity contribution in [3.8, 4) is 0 Å². The van der Waals surface area contributed by atoms with Crippen molar-refractivity contribution in [1.29, 1.82) is 0 Å². The Balaban J connectivity index is 2.24. The SMILES string of the molecule is CCCNC1(c2nc(C)c(C)s2)CCOC1. The second-order valence-corrected chi connectivity index (χ2v) is 5.68. The average molecular weight is 240 g/mol. The number of nitrogens with zero attached hydrogens (tertiary/aromatic N) is 1. The Kier molecular flexibility index (Phi) is 3.62. The van der Waals surface area contributed by atoms with E-state index >= 15 is 0 Å². The van der Waals surface area contributed by atoms with Crippen LogP contribution in [0.4, 0.5) is 0 Å². The van der Waals surface area contributed by atoms with Crippen LogP contribution in [0.5, 0.6) is 0 Å². The molecular formula is C12H20N2OS. The van der Waals surface area contributed by atoms with Crippen molar-refractivity contribution in [2.45, 2.75) is 39.2 Å². The maximum atomic E-state index is 5.57. The first kappa shape index (κ1) is 12.0. The smallest absolute Gasteiger partial charge is 0.116 e. The number of nitrogens with one attached hydrogen (secondary N) is 1. The van der Waals surface area contributed by atoms with Crippen molar-refractivity contribution in [2.75, 3.05) is 19.8 Å². The highest BCUT2D eigenvalue weighted by Crippen LogP contribution is 2.34. The molecule has 0 saturated carbocycles. The third kappa shape index (κ3) is 2.14. The molecule has 1 N–H and O–H groups in total. The van der Waals surface area contributed by atoms with Gasteiger partial charge < -0.3 is 10.1 Å². The Hall–Kier alpha value is -0.450. The summed E-state index contributed by atoms with van der Waals surface area (Å²) in [6.07, 6.45) is 2.19. The van der Waals surface area contributed by atoms with E-state index in [-0.39, 0.29) is 5.54 Å². The van der Waals surface area contributed by atoms with Gasteiger partial charge >= 0.3 is 0 Å². The molecule has 16 heavy (non-hydrogen) atoms. The van der Waals surface area contributed by atoms with Crippen LogP contribution in [-0.4, -0.2) is 24.7 Å². The minimum Gasteiger partial charge on any atom is -0.379 e. The lowest BCUT2D eigenvalue weighted by Crippen LogP contribution is -2.43. The molecule has 4 heteroatoms. The number of hydrogen-bond donors (Lipinski definition) is 1. The van der Waals surface area contributed by atoms with Gasteiger partial charge in [-0.25, -0.2) is 4.98 Å². The molecule has 0 spiro atoms. The predicted molar refractivity (Wildman–Crippen MR) is 67.0 cm³/mol. The zero-order valence-corrected chi connectivity index (χ0v) is 11.1. The Morgan fingerprint density at radius 2 is 2.31 bits per heavy atom. The number of thiazole rings is 1. The first-order valence-electron chi connectivity index (χ1n) is 5.95. The van der Waals surface area contributed by atoms with Crippen LogP contribution in [0.15, 0.2) is 0 Å². The molecule has 1 atom stereocenters. The van der Waals surface area contributed by atoms with Crippen LogP contribution in [0.1, 0.15) is 35.3 Å². The quantitative estimate of drug-likeness (QED) is 0.877. The van der Waals surface area contributed by atoms with Crippen LogP contribution in [0.2, 0.25) is 0 Å². The molecule has 0 radical (unpaired) electrons. The standard InChI is InChI=1S/C12H20N2OS/c1-4-6-13-12(5-7-15-8-12)11-14-9(2)10(3)16-11/h13H,4-8H2,1-3H3. The predicted octanol–water partition coefficient (Wildman–Crippen LogP) is 2.38. The fourth-order valence-corrected chi connectivity index (χ4v) is 3.08. The first-order chi connectivity index (χ1) is 7.68. The van der Waals surface area contributed by atoms with Crippen LogP contribution < -0.4 is 5.32 Å². The van der Waals surface area contributed by atoms with Crippen molar-refractivity contribution in [1.82, 2.24) is 10.3 Å². The number of ether oxygens (including phenoxy) is 1. The van der Waals surface area contributed by atoms with Crippen molar-refractivity contribution in [2.24, 2.45) is 0 Å². The highest BCUT2D eigenvalue weighted by Gasteiger charge is 2.38. The van der Waals surface area contributed by atoms with Gasteiger partial charge in [-0.05, 0) is 33.2 Å². The van der Waals surface area contributed by atoms with Gasteiger partial charge in [-0.15, -0.1) is 11.3 Å². The molecule has 2 heterocycles. The Labute approximate surface area is 101 Å². The lowest BCUT2D eigenvalue weighted by Gasteiger charge is -2.26. The zero-order valence-electron chi connectivity index (χ0n) is 10.3. The molecule has 0 amide bonds. The van der Waals surface area contributed by atoms with Gasteiger partial charge in [-0.1, -0.05) is 6.92 Å². The van der Waals surface area contributed by atoms with E-state index < -0.39 is 0 Å². The molecule has 1 aromatic rings. The van der Waals surface area contributed by atoms with Crippen LogP contribution in [0.25, 0.3) is 0 Å². The van der Waals surface area contributed by atoms with Gasteiger partial charge in [0, 0.05) is 11.5 Å². The maximum absolute atomic E-state index is 5.57. The van der Waals surface area contributed by atoms with E-state index in [9.17, 15) is 0 Å². The van der Waals surface area contributed by atoms with Crippen LogP contribution in [0, 0.1) is 13.8 Å². The fourth-order valence-electron chi connectivity index (χ4n) is 1.99. The second-order valence-electron chi connectivity index (χ2n) is 4.47. The van der Waals surface area contributed by atoms with Gasteiger partial charge in [0.15, 0.2) is 0 Å². The number of aryl methyl sites for hydroxylation is 2. The second kappa shape index (κ2) is 4.82. The molecule has 0 aromatic carbocycles. The van der Waals surface area contributed by atoms with Gasteiger partial charge in [0.1, 0.15) is 5.01 Å². The van der Waals surface area contributed by atoms with Gasteiger partial charge in [-0.3, -0.25) is 0 Å². The highest BCUT2D eigenvalue weighted by atomic mass is 32.1. The number of hydrogen-bond acceptors (Lipinski definition) is 4. The minimum atomic E-state index is -0.0142. The molecule has 1 fully saturated rings. The molecule has 1 saturated heterocycles. The molecule has 0 bridgehead atoms.